The molecule has 0 saturated heterocycles. The zero-order valence-electron chi connectivity index (χ0n) is 28.0. The molecule has 0 fully saturated rings. The third-order valence-electron chi connectivity index (χ3n) is 7.46. The molecule has 2 aliphatic carbocycles. The molecule has 7 heteroatoms. The molecular weight excluding hydrogens is 620 g/mol. The summed E-state index contributed by atoms with van der Waals surface area (Å²) in [6.07, 6.45) is 7.45. The van der Waals surface area contributed by atoms with Crippen LogP contribution in [0.15, 0.2) is 77.4 Å². The summed E-state index contributed by atoms with van der Waals surface area (Å²) in [5, 5.41) is 22.4. The summed E-state index contributed by atoms with van der Waals surface area (Å²) >= 11 is -0.574. The van der Waals surface area contributed by atoms with Crippen molar-refractivity contribution in [3.8, 4) is 34.5 Å². The Morgan fingerprint density at radius 3 is 1.05 bits per heavy atom. The van der Waals surface area contributed by atoms with Gasteiger partial charge >= 0.3 is 143 Å². The average molecular weight is 668 g/mol. The quantitative estimate of drug-likeness (QED) is 0.311. The Labute approximate surface area is 270 Å². The number of hydrogen-bond acceptors (Lipinski definition) is 6. The van der Waals surface area contributed by atoms with Gasteiger partial charge in [-0.05, 0) is 35.8 Å². The van der Waals surface area contributed by atoms with Gasteiger partial charge < -0.3 is 29.2 Å². The third kappa shape index (κ3) is 10.1. The van der Waals surface area contributed by atoms with E-state index in [4.69, 9.17) is 18.9 Å². The Kier molecular flexibility index (Phi) is 13.2. The summed E-state index contributed by atoms with van der Waals surface area (Å²) in [6, 6.07) is 9.82. The number of methoxy groups -OCH3 is 4. The summed E-state index contributed by atoms with van der Waals surface area (Å²) < 4.78 is 22.8. The predicted molar refractivity (Wildman–Crippen MR) is 168 cm³/mol. The Hall–Kier alpha value is -2.92. The zero-order chi connectivity index (χ0) is 32.5. The Morgan fingerprint density at radius 2 is 0.837 bits per heavy atom. The fourth-order valence-electron chi connectivity index (χ4n) is 4.52. The van der Waals surface area contributed by atoms with Gasteiger partial charge in [-0.25, -0.2) is 0 Å². The van der Waals surface area contributed by atoms with Gasteiger partial charge in [-0.2, -0.15) is 0 Å². The fraction of sp³-hybridized carbons (Fsp3) is 0.444. The molecule has 0 spiro atoms. The zero-order valence-corrected chi connectivity index (χ0v) is 30.4. The second kappa shape index (κ2) is 15.7. The van der Waals surface area contributed by atoms with E-state index in [1.165, 1.54) is 41.3 Å². The predicted octanol–water partition coefficient (Wildman–Crippen LogP) is 7.92. The first-order valence-electron chi connectivity index (χ1n) is 14.4. The van der Waals surface area contributed by atoms with Crippen molar-refractivity contribution in [1.29, 1.82) is 0 Å². The molecular formula is C36H48O6Zr. The van der Waals surface area contributed by atoms with Gasteiger partial charge in [0.25, 0.3) is 0 Å². The van der Waals surface area contributed by atoms with Crippen molar-refractivity contribution in [3.05, 3.63) is 77.4 Å². The molecule has 0 unspecified atom stereocenters. The number of benzene rings is 2. The van der Waals surface area contributed by atoms with E-state index in [0.29, 0.717) is 33.8 Å². The van der Waals surface area contributed by atoms with E-state index in [0.717, 1.165) is 0 Å². The molecule has 0 amide bonds. The molecule has 2 aliphatic rings. The molecule has 0 aliphatic heterocycles. The Bertz CT molecular complexity index is 1230. The minimum Gasteiger partial charge on any atom is -0.867 e. The van der Waals surface area contributed by atoms with Crippen molar-refractivity contribution >= 4 is 0 Å². The number of hydrogen-bond donors (Lipinski definition) is 0. The van der Waals surface area contributed by atoms with Crippen LogP contribution < -0.4 is 29.2 Å². The Morgan fingerprint density at radius 1 is 0.558 bits per heavy atom. The monoisotopic (exact) mass is 666 g/mol. The van der Waals surface area contributed by atoms with Crippen LogP contribution in [0.2, 0.25) is 0 Å². The van der Waals surface area contributed by atoms with Crippen molar-refractivity contribution in [2.75, 3.05) is 28.4 Å². The molecule has 0 radical (unpaired) electrons. The molecule has 0 bridgehead atoms. The van der Waals surface area contributed by atoms with Crippen molar-refractivity contribution in [1.82, 2.24) is 0 Å². The smallest absolute Gasteiger partial charge is 0.114 e. The van der Waals surface area contributed by atoms with Crippen LogP contribution in [0.1, 0.15) is 68.2 Å². The van der Waals surface area contributed by atoms with Gasteiger partial charge in [0, 0.05) is 0 Å². The van der Waals surface area contributed by atoms with Crippen molar-refractivity contribution in [2.24, 2.45) is 10.8 Å². The minimum absolute atomic E-state index is 0.211. The summed E-state index contributed by atoms with van der Waals surface area (Å²) in [7, 11) is 5.82. The maximum absolute atomic E-state index is 11.2. The van der Waals surface area contributed by atoms with Crippen molar-refractivity contribution in [2.45, 2.75) is 68.2 Å². The van der Waals surface area contributed by atoms with Crippen LogP contribution in [0, 0.1) is 10.8 Å². The van der Waals surface area contributed by atoms with Gasteiger partial charge in [0.2, 0.25) is 0 Å². The summed E-state index contributed by atoms with van der Waals surface area (Å²) in [5.74, 6) is 0.817. The van der Waals surface area contributed by atoms with E-state index in [9.17, 15) is 10.2 Å². The normalized spacial score (nSPS) is 14.5. The maximum atomic E-state index is 11.2. The van der Waals surface area contributed by atoms with Crippen LogP contribution in [0.5, 0.6) is 34.5 Å². The van der Waals surface area contributed by atoms with E-state index >= 15 is 0 Å². The molecule has 0 atom stereocenters. The van der Waals surface area contributed by atoms with Gasteiger partial charge in [-0.3, -0.25) is 0 Å². The van der Waals surface area contributed by atoms with Crippen LogP contribution in [-0.4, -0.2) is 28.4 Å². The van der Waals surface area contributed by atoms with E-state index < -0.39 is 23.2 Å². The average Bonchev–Trinajstić information content (AvgIpc) is 3.52. The largest absolute Gasteiger partial charge is 0.867 e. The van der Waals surface area contributed by atoms with Crippen LogP contribution >= 0.6 is 0 Å². The van der Waals surface area contributed by atoms with E-state index in [1.807, 2.05) is 0 Å². The summed E-state index contributed by atoms with van der Waals surface area (Å²) in [5.41, 5.74) is 7.09. The molecule has 2 aromatic rings. The van der Waals surface area contributed by atoms with Gasteiger partial charge in [0.05, 0.1) is 28.4 Å². The van der Waals surface area contributed by atoms with Gasteiger partial charge in [0.15, 0.2) is 0 Å². The number of ether oxygens (including phenoxy) is 4. The van der Waals surface area contributed by atoms with Crippen LogP contribution in [0.3, 0.4) is 0 Å². The molecule has 0 N–H and O–H groups in total. The second-order valence-electron chi connectivity index (χ2n) is 12.6. The first-order valence-corrected chi connectivity index (χ1v) is 16.9. The molecule has 232 valence electrons. The topological polar surface area (TPSA) is 83.0 Å². The van der Waals surface area contributed by atoms with Gasteiger partial charge in [0.1, 0.15) is 23.0 Å². The second-order valence-corrected chi connectivity index (χ2v) is 16.2. The van der Waals surface area contributed by atoms with Gasteiger partial charge in [-0.1, -0.05) is 12.1 Å². The molecule has 0 saturated carbocycles. The minimum atomic E-state index is -0.574. The third-order valence-corrected chi connectivity index (χ3v) is 11.8. The standard InChI is InChI=1S/2C10H15.2C8H10O3.Zr/c2*1-8-5-6-9(7-8)10(2,3)4;2*1-10-6-4-3-5-7(11-2)8(6)9;/h2*7H,6H2,1-4H3;2*3-5,9H,1-2H3;/q;;;;+2/p-2. The van der Waals surface area contributed by atoms with Crippen LogP contribution in [0.4, 0.5) is 0 Å². The van der Waals surface area contributed by atoms with Gasteiger partial charge in [-0.15, -0.1) is 0 Å². The number of rotatable bonds is 6. The van der Waals surface area contributed by atoms with Crippen LogP contribution in [0.25, 0.3) is 0 Å². The van der Waals surface area contributed by atoms with E-state index in [2.05, 4.69) is 67.5 Å². The number of allylic oxidation sites excluding steroid dienone is 8. The van der Waals surface area contributed by atoms with Crippen LogP contribution in [-0.2, 0) is 23.2 Å². The first-order chi connectivity index (χ1) is 20.1. The summed E-state index contributed by atoms with van der Waals surface area (Å²) in [4.78, 5) is 0. The number of para-hydroxylation sites is 2. The van der Waals surface area contributed by atoms with E-state index in [1.54, 1.807) is 65.3 Å². The molecule has 43 heavy (non-hydrogen) atoms. The van der Waals surface area contributed by atoms with Crippen molar-refractivity contribution in [3.63, 3.8) is 0 Å². The maximum Gasteiger partial charge on any atom is 0.114 e. The molecule has 4 rings (SSSR count). The SMILES string of the molecule is CC1=[C]([Zr+2][C]2=C(C)C=C(C(C)(C)C)C2)CC(C(C)(C)C)=C1.COc1cccc(OC)c1[O-].COc1cccc(OC)c1[O-]. The van der Waals surface area contributed by atoms with Crippen molar-refractivity contribution < 1.29 is 52.4 Å². The molecule has 0 aromatic heterocycles. The van der Waals surface area contributed by atoms with E-state index in [-0.39, 0.29) is 11.5 Å². The molecule has 6 nitrogen and oxygen atoms in total. The molecule has 2 aromatic carbocycles. The first kappa shape index (κ1) is 36.3. The Balaban J connectivity index is 0.000000247. The summed E-state index contributed by atoms with van der Waals surface area (Å²) in [6.45, 7) is 18.7. The molecule has 0 heterocycles. The fourth-order valence-corrected chi connectivity index (χ4v) is 8.11.